The van der Waals surface area contributed by atoms with Crippen molar-refractivity contribution >= 4 is 39.0 Å². The van der Waals surface area contributed by atoms with E-state index in [9.17, 15) is 18.0 Å². The van der Waals surface area contributed by atoms with Crippen LogP contribution in [0.15, 0.2) is 28.2 Å². The summed E-state index contributed by atoms with van der Waals surface area (Å²) in [5, 5.41) is 5.04. The summed E-state index contributed by atoms with van der Waals surface area (Å²) in [4.78, 5) is 22.8. The number of hydrogen-bond acceptors (Lipinski definition) is 8. The van der Waals surface area contributed by atoms with Crippen molar-refractivity contribution in [1.82, 2.24) is 0 Å². The summed E-state index contributed by atoms with van der Waals surface area (Å²) in [6, 6.07) is 3.63. The van der Waals surface area contributed by atoms with Crippen molar-refractivity contribution in [3.63, 3.8) is 0 Å². The fraction of sp³-hybridized carbons (Fsp3) is 0.250. The quantitative estimate of drug-likeness (QED) is 0.441. The molecular weight excluding hydrogens is 314 g/mol. The number of benzene rings is 1. The van der Waals surface area contributed by atoms with Gasteiger partial charge in [0.2, 0.25) is 11.5 Å². The van der Waals surface area contributed by atoms with Crippen LogP contribution >= 0.6 is 0 Å². The first kappa shape index (κ1) is 15.9. The molecule has 10 heteroatoms. The summed E-state index contributed by atoms with van der Waals surface area (Å²) in [6.07, 6.45) is 0. The maximum absolute atomic E-state index is 11.7. The number of rotatable bonds is 4. The largest absolute Gasteiger partial charge is 0.461 e. The number of anilines is 2. The zero-order valence-corrected chi connectivity index (χ0v) is 12.3. The van der Waals surface area contributed by atoms with Gasteiger partial charge in [-0.3, -0.25) is 14.4 Å². The van der Waals surface area contributed by atoms with Crippen molar-refractivity contribution in [2.24, 2.45) is 5.10 Å². The summed E-state index contributed by atoms with van der Waals surface area (Å²) in [5.74, 6) is -1.34. The van der Waals surface area contributed by atoms with Gasteiger partial charge >= 0.3 is 5.97 Å². The zero-order valence-electron chi connectivity index (χ0n) is 11.5. The Hall–Kier alpha value is -2.46. The molecule has 2 rings (SSSR count). The minimum absolute atomic E-state index is 0.112. The maximum atomic E-state index is 11.7. The Bertz CT molecular complexity index is 771. The van der Waals surface area contributed by atoms with Crippen LogP contribution in [-0.2, 0) is 24.4 Å². The Morgan fingerprint density at radius 1 is 1.50 bits per heavy atom. The first-order valence-corrected chi connectivity index (χ1v) is 7.61. The minimum atomic E-state index is -4.44. The van der Waals surface area contributed by atoms with E-state index in [1.54, 1.807) is 6.92 Å². The van der Waals surface area contributed by atoms with Crippen molar-refractivity contribution in [1.29, 1.82) is 0 Å². The van der Waals surface area contributed by atoms with Gasteiger partial charge in [-0.15, -0.1) is 0 Å². The number of nitrogens with two attached hydrogens (primary N) is 1. The van der Waals surface area contributed by atoms with Gasteiger partial charge in [0.05, 0.1) is 18.0 Å². The molecule has 1 aliphatic heterocycles. The molecule has 9 nitrogen and oxygen atoms in total. The van der Waals surface area contributed by atoms with E-state index in [-0.39, 0.29) is 24.6 Å². The predicted octanol–water partition coefficient (Wildman–Crippen LogP) is -0.176. The second kappa shape index (κ2) is 5.73. The molecule has 0 amide bonds. The molecule has 0 saturated carbocycles. The molecule has 0 aromatic heterocycles. The van der Waals surface area contributed by atoms with Crippen LogP contribution in [0.5, 0.6) is 0 Å². The Balaban J connectivity index is 2.32. The van der Waals surface area contributed by atoms with Gasteiger partial charge in [0.15, 0.2) is 0 Å². The molecule has 1 aromatic carbocycles. The van der Waals surface area contributed by atoms with Gasteiger partial charge in [0.1, 0.15) is 11.4 Å². The fourth-order valence-electron chi connectivity index (χ4n) is 1.86. The average Bonchev–Trinajstić information content (AvgIpc) is 2.79. The number of nitrogen functional groups attached to an aromatic ring is 1. The summed E-state index contributed by atoms with van der Waals surface area (Å²) < 4.78 is 35.8. The van der Waals surface area contributed by atoms with Crippen LogP contribution in [0.4, 0.5) is 11.4 Å². The molecule has 22 heavy (non-hydrogen) atoms. The van der Waals surface area contributed by atoms with E-state index >= 15 is 0 Å². The van der Waals surface area contributed by atoms with E-state index < -0.39 is 26.8 Å². The first-order chi connectivity index (χ1) is 10.2. The van der Waals surface area contributed by atoms with Gasteiger partial charge in [-0.2, -0.15) is 13.5 Å². The van der Waals surface area contributed by atoms with Crippen LogP contribution in [0.25, 0.3) is 0 Å². The molecule has 1 heterocycles. The third-order valence-corrected chi connectivity index (χ3v) is 3.74. The molecular formula is C12H13N3O6S. The van der Waals surface area contributed by atoms with E-state index in [1.165, 1.54) is 17.1 Å². The molecule has 1 aromatic rings. The molecule has 1 aliphatic rings. The van der Waals surface area contributed by atoms with E-state index in [1.807, 2.05) is 0 Å². The molecule has 0 aliphatic carbocycles. The third kappa shape index (κ3) is 3.07. The van der Waals surface area contributed by atoms with Crippen molar-refractivity contribution in [3.05, 3.63) is 18.2 Å². The average molecular weight is 327 g/mol. The molecule has 3 N–H and O–H groups in total. The van der Waals surface area contributed by atoms with Gasteiger partial charge in [-0.1, -0.05) is 0 Å². The van der Waals surface area contributed by atoms with E-state index in [4.69, 9.17) is 15.0 Å². The van der Waals surface area contributed by atoms with Gasteiger partial charge in [0.25, 0.3) is 10.1 Å². The lowest BCUT2D eigenvalue weighted by Crippen LogP contribution is -2.25. The highest BCUT2D eigenvalue weighted by Crippen LogP contribution is 2.26. The number of ketones is 1. The molecule has 0 atom stereocenters. The van der Waals surface area contributed by atoms with Crippen LogP contribution in [0, 0.1) is 0 Å². The van der Waals surface area contributed by atoms with E-state index in [2.05, 4.69) is 5.10 Å². The lowest BCUT2D eigenvalue weighted by molar-refractivity contribution is -0.135. The first-order valence-electron chi connectivity index (χ1n) is 6.17. The normalized spacial score (nSPS) is 14.9. The number of Topliss-reactive ketones (excluding diaryl/α,β-unsaturated/α-hetero) is 1. The molecule has 0 spiro atoms. The van der Waals surface area contributed by atoms with E-state index in [0.29, 0.717) is 5.69 Å². The Labute approximate surface area is 126 Å². The predicted molar refractivity (Wildman–Crippen MR) is 77.1 cm³/mol. The number of hydrogen-bond donors (Lipinski definition) is 2. The number of carbonyl (C=O) groups is 2. The minimum Gasteiger partial charge on any atom is -0.461 e. The highest BCUT2D eigenvalue weighted by Gasteiger charge is 2.31. The Morgan fingerprint density at radius 3 is 2.73 bits per heavy atom. The van der Waals surface area contributed by atoms with Gasteiger partial charge in [-0.05, 0) is 25.1 Å². The number of ether oxygens (including phenoxy) is 1. The van der Waals surface area contributed by atoms with Crippen molar-refractivity contribution in [2.45, 2.75) is 11.8 Å². The topological polar surface area (TPSA) is 139 Å². The van der Waals surface area contributed by atoms with Crippen LogP contribution in [-0.4, -0.2) is 43.6 Å². The van der Waals surface area contributed by atoms with Crippen molar-refractivity contribution in [2.75, 3.05) is 23.9 Å². The summed E-state index contributed by atoms with van der Waals surface area (Å²) in [6.45, 7) is 1.52. The fourth-order valence-corrected chi connectivity index (χ4v) is 2.45. The molecule has 0 fully saturated rings. The summed E-state index contributed by atoms with van der Waals surface area (Å²) in [5.41, 5.74) is 5.33. The maximum Gasteiger partial charge on any atom is 0.362 e. The van der Waals surface area contributed by atoms with Crippen molar-refractivity contribution in [3.8, 4) is 0 Å². The van der Waals surface area contributed by atoms with Crippen LogP contribution in [0.1, 0.15) is 6.92 Å². The summed E-state index contributed by atoms with van der Waals surface area (Å²) in [7, 11) is -4.44. The number of hydrazone groups is 1. The standard InChI is InChI=1S/C12H13N3O6S/c1-2-21-12(17)11-9(16)6-15(14-11)7-3-4-10(8(13)5-7)22(18,19)20/h3-5H,2,6,13H2,1H3,(H,18,19,20). The molecule has 0 unspecified atom stereocenters. The smallest absolute Gasteiger partial charge is 0.362 e. The second-order valence-electron chi connectivity index (χ2n) is 4.35. The Kier molecular flexibility index (Phi) is 4.15. The number of nitrogens with zero attached hydrogens (tertiary/aromatic N) is 2. The monoisotopic (exact) mass is 327 g/mol. The molecule has 118 valence electrons. The molecule has 0 radical (unpaired) electrons. The number of carbonyl (C=O) groups excluding carboxylic acids is 2. The lowest BCUT2D eigenvalue weighted by atomic mass is 10.2. The van der Waals surface area contributed by atoms with E-state index in [0.717, 1.165) is 6.07 Å². The van der Waals surface area contributed by atoms with Gasteiger partial charge < -0.3 is 10.5 Å². The lowest BCUT2D eigenvalue weighted by Gasteiger charge is -2.14. The molecule has 0 saturated heterocycles. The SMILES string of the molecule is CCOC(=O)C1=NN(c2ccc(S(=O)(=O)O)c(N)c2)CC1=O. The Morgan fingerprint density at radius 2 is 2.18 bits per heavy atom. The summed E-state index contributed by atoms with van der Waals surface area (Å²) >= 11 is 0. The van der Waals surface area contributed by atoms with Crippen LogP contribution in [0.3, 0.4) is 0 Å². The van der Waals surface area contributed by atoms with Crippen LogP contribution < -0.4 is 10.7 Å². The highest BCUT2D eigenvalue weighted by atomic mass is 32.2. The number of esters is 1. The van der Waals surface area contributed by atoms with Crippen molar-refractivity contribution < 1.29 is 27.3 Å². The second-order valence-corrected chi connectivity index (χ2v) is 5.74. The highest BCUT2D eigenvalue weighted by molar-refractivity contribution is 7.86. The third-order valence-electron chi connectivity index (χ3n) is 2.82. The van der Waals surface area contributed by atoms with Gasteiger partial charge in [-0.25, -0.2) is 4.79 Å². The molecule has 0 bridgehead atoms. The van der Waals surface area contributed by atoms with Crippen LogP contribution in [0.2, 0.25) is 0 Å². The zero-order chi connectivity index (χ0) is 16.5. The van der Waals surface area contributed by atoms with Gasteiger partial charge in [0, 0.05) is 0 Å².